The van der Waals surface area contributed by atoms with Gasteiger partial charge >= 0.3 is 6.09 Å². The average molecular weight is 447 g/mol. The fourth-order valence-corrected chi connectivity index (χ4v) is 4.83. The molecule has 7 nitrogen and oxygen atoms in total. The lowest BCUT2D eigenvalue weighted by atomic mass is 9.74. The lowest BCUT2D eigenvalue weighted by Gasteiger charge is -2.39. The van der Waals surface area contributed by atoms with Gasteiger partial charge in [-0.05, 0) is 69.4 Å². The molecular weight excluding hydrogens is 412 g/mol. The van der Waals surface area contributed by atoms with Gasteiger partial charge in [-0.1, -0.05) is 6.92 Å². The summed E-state index contributed by atoms with van der Waals surface area (Å²) in [5.41, 5.74) is 7.12. The molecule has 1 aromatic rings. The van der Waals surface area contributed by atoms with Gasteiger partial charge in [0, 0.05) is 31.6 Å². The Morgan fingerprint density at radius 2 is 2.06 bits per heavy atom. The van der Waals surface area contributed by atoms with Gasteiger partial charge in [0.2, 0.25) is 5.91 Å². The van der Waals surface area contributed by atoms with Crippen LogP contribution in [0.5, 0.6) is 0 Å². The minimum Gasteiger partial charge on any atom is -0.444 e. The normalized spacial score (nSPS) is 20.5. The van der Waals surface area contributed by atoms with Crippen LogP contribution in [0.3, 0.4) is 0 Å². The quantitative estimate of drug-likeness (QED) is 0.652. The van der Waals surface area contributed by atoms with Crippen LogP contribution in [-0.4, -0.2) is 48.0 Å². The lowest BCUT2D eigenvalue weighted by molar-refractivity contribution is -0.128. The van der Waals surface area contributed by atoms with E-state index in [9.17, 15) is 9.59 Å². The maximum absolute atomic E-state index is 13.3. The summed E-state index contributed by atoms with van der Waals surface area (Å²) in [6.07, 6.45) is 4.87. The Hall–Kier alpha value is -2.35. The number of carbonyl (C=O) groups excluding carboxylic acids is 2. The van der Waals surface area contributed by atoms with Crippen molar-refractivity contribution >= 4 is 40.9 Å². The molecule has 2 heterocycles. The number of nitrogens with one attached hydrogen (secondary N) is 1. The van der Waals surface area contributed by atoms with E-state index in [0.717, 1.165) is 42.9 Å². The third kappa shape index (κ3) is 6.56. The van der Waals surface area contributed by atoms with Gasteiger partial charge < -0.3 is 20.7 Å². The largest absolute Gasteiger partial charge is 0.444 e. The number of rotatable bonds is 7. The van der Waals surface area contributed by atoms with E-state index in [2.05, 4.69) is 17.2 Å². The van der Waals surface area contributed by atoms with Crippen molar-refractivity contribution in [1.29, 1.82) is 0 Å². The maximum Gasteiger partial charge on any atom is 0.407 e. The zero-order chi connectivity index (χ0) is 22.6. The van der Waals surface area contributed by atoms with Crippen molar-refractivity contribution in [2.45, 2.75) is 59.0 Å². The van der Waals surface area contributed by atoms with Crippen LogP contribution in [0, 0.1) is 11.8 Å². The van der Waals surface area contributed by atoms with E-state index in [1.807, 2.05) is 43.2 Å². The summed E-state index contributed by atoms with van der Waals surface area (Å²) in [6, 6.07) is 1.93. The van der Waals surface area contributed by atoms with Crippen molar-refractivity contribution in [3.8, 4) is 0 Å². The zero-order valence-electron chi connectivity index (χ0n) is 18.9. The van der Waals surface area contributed by atoms with E-state index in [-0.39, 0.29) is 12.0 Å². The average Bonchev–Trinajstić information content (AvgIpc) is 2.99. The van der Waals surface area contributed by atoms with Gasteiger partial charge in [-0.25, -0.2) is 9.79 Å². The van der Waals surface area contributed by atoms with Gasteiger partial charge in [0.1, 0.15) is 11.4 Å². The summed E-state index contributed by atoms with van der Waals surface area (Å²) in [6.45, 7) is 9.73. The summed E-state index contributed by atoms with van der Waals surface area (Å²) in [5.74, 6) is 1.42. The molecule has 31 heavy (non-hydrogen) atoms. The number of aliphatic imine (C=N–C) groups is 1. The van der Waals surface area contributed by atoms with E-state index in [0.29, 0.717) is 36.2 Å². The highest BCUT2D eigenvalue weighted by atomic mass is 32.1. The summed E-state index contributed by atoms with van der Waals surface area (Å²) >= 11 is 1.57. The van der Waals surface area contributed by atoms with Gasteiger partial charge in [-0.2, -0.15) is 0 Å². The Kier molecular flexibility index (Phi) is 7.41. The van der Waals surface area contributed by atoms with Crippen LogP contribution in [0.2, 0.25) is 0 Å². The highest BCUT2D eigenvalue weighted by Crippen LogP contribution is 2.35. The van der Waals surface area contributed by atoms with Gasteiger partial charge in [0.05, 0.1) is 10.6 Å². The van der Waals surface area contributed by atoms with Crippen LogP contribution in [0.4, 0.5) is 10.5 Å². The highest BCUT2D eigenvalue weighted by molar-refractivity contribution is 7.11. The van der Waals surface area contributed by atoms with Gasteiger partial charge in [-0.15, -0.1) is 11.3 Å². The van der Waals surface area contributed by atoms with E-state index in [1.165, 1.54) is 0 Å². The predicted octanol–water partition coefficient (Wildman–Crippen LogP) is 4.31. The molecule has 170 valence electrons. The van der Waals surface area contributed by atoms with Crippen molar-refractivity contribution < 1.29 is 14.3 Å². The topological polar surface area (TPSA) is 97.0 Å². The number of nitrogens with two attached hydrogens (primary N) is 1. The Bertz CT molecular complexity index is 862. The van der Waals surface area contributed by atoms with Gasteiger partial charge in [0.15, 0.2) is 0 Å². The number of nitrogens with zero attached hydrogens (tertiary/aromatic N) is 2. The fraction of sp³-hybridized carbons (Fsp3) is 0.609. The van der Waals surface area contributed by atoms with Crippen LogP contribution in [-0.2, 0) is 9.53 Å². The van der Waals surface area contributed by atoms with Crippen molar-refractivity contribution in [3.05, 3.63) is 21.9 Å². The molecule has 2 amide bonds. The first kappa shape index (κ1) is 23.3. The molecule has 3 rings (SSSR count). The van der Waals surface area contributed by atoms with Crippen LogP contribution in [0.15, 0.2) is 22.0 Å². The number of fused-ring (bicyclic) bond motifs is 1. The molecule has 2 aliphatic rings. The van der Waals surface area contributed by atoms with E-state index < -0.39 is 5.60 Å². The number of amidine groups is 1. The second-order valence-corrected chi connectivity index (χ2v) is 10.4. The monoisotopic (exact) mass is 446 g/mol. The smallest absolute Gasteiger partial charge is 0.407 e. The van der Waals surface area contributed by atoms with Crippen molar-refractivity contribution in [3.63, 3.8) is 0 Å². The molecule has 0 spiro atoms. The van der Waals surface area contributed by atoms with Crippen molar-refractivity contribution in [2.75, 3.05) is 19.6 Å². The van der Waals surface area contributed by atoms with Crippen molar-refractivity contribution in [1.82, 2.24) is 10.2 Å². The minimum absolute atomic E-state index is 0.0524. The molecule has 0 atom stereocenters. The SMILES string of the molecule is CCCN(C[C@H]1C[C@@H](CNC(=O)OC(C)(C)C)C1)C(=O)C1=Cc2sccc2N=C(N)C1. The second-order valence-electron chi connectivity index (χ2n) is 9.46. The third-order valence-corrected chi connectivity index (χ3v) is 6.27. The fourth-order valence-electron chi connectivity index (χ4n) is 4.04. The van der Waals surface area contributed by atoms with Crippen LogP contribution in [0.1, 0.15) is 58.3 Å². The molecule has 0 saturated heterocycles. The van der Waals surface area contributed by atoms with E-state index in [4.69, 9.17) is 10.5 Å². The first-order valence-corrected chi connectivity index (χ1v) is 11.9. The molecular formula is C23H34N4O3S. The molecule has 1 aromatic heterocycles. The molecule has 0 aromatic carbocycles. The Morgan fingerprint density at radius 3 is 2.74 bits per heavy atom. The third-order valence-electron chi connectivity index (χ3n) is 5.42. The molecule has 1 aliphatic heterocycles. The lowest BCUT2D eigenvalue weighted by Crippen LogP contribution is -2.44. The number of alkyl carbamates (subject to hydrolysis) is 1. The molecule has 0 radical (unpaired) electrons. The first-order valence-electron chi connectivity index (χ1n) is 11.0. The second kappa shape index (κ2) is 9.85. The zero-order valence-corrected chi connectivity index (χ0v) is 19.8. The van der Waals surface area contributed by atoms with Gasteiger partial charge in [0.25, 0.3) is 0 Å². The molecule has 1 saturated carbocycles. The summed E-state index contributed by atoms with van der Waals surface area (Å²) in [7, 11) is 0. The number of hydrogen-bond donors (Lipinski definition) is 2. The first-order chi connectivity index (χ1) is 14.6. The minimum atomic E-state index is -0.488. The van der Waals surface area contributed by atoms with Crippen LogP contribution >= 0.6 is 11.3 Å². The number of amides is 2. The Morgan fingerprint density at radius 1 is 1.32 bits per heavy atom. The Labute approximate surface area is 188 Å². The highest BCUT2D eigenvalue weighted by Gasteiger charge is 2.33. The number of hydrogen-bond acceptors (Lipinski definition) is 6. The molecule has 3 N–H and O–H groups in total. The summed E-state index contributed by atoms with van der Waals surface area (Å²) in [5, 5.41) is 4.82. The predicted molar refractivity (Wildman–Crippen MR) is 126 cm³/mol. The summed E-state index contributed by atoms with van der Waals surface area (Å²) in [4.78, 5) is 32.5. The molecule has 1 fully saturated rings. The molecule has 0 bridgehead atoms. The summed E-state index contributed by atoms with van der Waals surface area (Å²) < 4.78 is 5.29. The molecule has 1 aliphatic carbocycles. The maximum atomic E-state index is 13.3. The number of thiophene rings is 1. The number of carbonyl (C=O) groups is 2. The molecule has 0 unspecified atom stereocenters. The van der Waals surface area contributed by atoms with Crippen LogP contribution < -0.4 is 11.1 Å². The standard InChI is InChI=1S/C23H34N4O3S/c1-5-7-27(14-16-9-15(10-16)13-25-22(29)30-23(2,3)4)21(28)17-11-19-18(6-8-31-19)26-20(24)12-17/h6,8,11,15-16H,5,7,9-10,12-14H2,1-4H3,(H2,24,26)(H,25,29)/t15-,16+. The van der Waals surface area contributed by atoms with Crippen LogP contribution in [0.25, 0.3) is 6.08 Å². The van der Waals surface area contributed by atoms with E-state index in [1.54, 1.807) is 11.3 Å². The van der Waals surface area contributed by atoms with Crippen molar-refractivity contribution in [2.24, 2.45) is 22.6 Å². The number of ether oxygens (including phenoxy) is 1. The van der Waals surface area contributed by atoms with Gasteiger partial charge in [-0.3, -0.25) is 4.79 Å². The Balaban J connectivity index is 1.53. The van der Waals surface area contributed by atoms with E-state index >= 15 is 0 Å². The molecule has 8 heteroatoms.